The summed E-state index contributed by atoms with van der Waals surface area (Å²) < 4.78 is 0. The van der Waals surface area contributed by atoms with E-state index in [1.165, 1.54) is 0 Å². The molecule has 0 aliphatic heterocycles. The highest BCUT2D eigenvalue weighted by atomic mass is 35.5. The van der Waals surface area contributed by atoms with Crippen molar-refractivity contribution in [1.29, 1.82) is 0 Å². The summed E-state index contributed by atoms with van der Waals surface area (Å²) in [5.41, 5.74) is 12.7. The Bertz CT molecular complexity index is 302. The Balaban J connectivity index is 2.88. The summed E-state index contributed by atoms with van der Waals surface area (Å²) in [4.78, 5) is 1.02. The summed E-state index contributed by atoms with van der Waals surface area (Å²) in [6.07, 6.45) is 1.12. The van der Waals surface area contributed by atoms with Crippen LogP contribution in [0.3, 0.4) is 0 Å². The molecule has 0 atom stereocenters. The van der Waals surface area contributed by atoms with E-state index in [2.05, 4.69) is 6.92 Å². The minimum Gasteiger partial charge on any atom is -0.398 e. The first-order valence-electron chi connectivity index (χ1n) is 4.12. The normalized spacial score (nSPS) is 10.3. The predicted octanol–water partition coefficient (Wildman–Crippen LogP) is 3.01. The zero-order valence-electron chi connectivity index (χ0n) is 7.51. The SMILES string of the molecule is CCCSc1cc(N)c(Cl)cc1N. The number of nitrogen functional groups attached to an aromatic ring is 2. The molecule has 13 heavy (non-hydrogen) atoms. The van der Waals surface area contributed by atoms with E-state index in [1.54, 1.807) is 17.8 Å². The lowest BCUT2D eigenvalue weighted by Crippen LogP contribution is -1.93. The molecule has 0 saturated carbocycles. The first-order valence-corrected chi connectivity index (χ1v) is 5.48. The molecule has 0 unspecified atom stereocenters. The molecule has 0 saturated heterocycles. The lowest BCUT2D eigenvalue weighted by atomic mass is 10.3. The van der Waals surface area contributed by atoms with Crippen molar-refractivity contribution < 1.29 is 0 Å². The molecule has 1 rings (SSSR count). The van der Waals surface area contributed by atoms with Crippen LogP contribution in [0.25, 0.3) is 0 Å². The van der Waals surface area contributed by atoms with E-state index in [-0.39, 0.29) is 0 Å². The highest BCUT2D eigenvalue weighted by molar-refractivity contribution is 7.99. The highest BCUT2D eigenvalue weighted by Crippen LogP contribution is 2.32. The molecule has 0 heterocycles. The van der Waals surface area contributed by atoms with Gasteiger partial charge in [-0.05, 0) is 24.3 Å². The molecule has 1 aromatic rings. The number of thioether (sulfide) groups is 1. The fourth-order valence-electron chi connectivity index (χ4n) is 0.922. The largest absolute Gasteiger partial charge is 0.398 e. The maximum absolute atomic E-state index is 5.81. The smallest absolute Gasteiger partial charge is 0.0656 e. The minimum absolute atomic E-state index is 0.526. The Labute approximate surface area is 87.6 Å². The number of anilines is 2. The van der Waals surface area contributed by atoms with Gasteiger partial charge in [0.1, 0.15) is 0 Å². The van der Waals surface area contributed by atoms with Crippen LogP contribution in [-0.2, 0) is 0 Å². The first kappa shape index (κ1) is 10.5. The van der Waals surface area contributed by atoms with Gasteiger partial charge in [-0.15, -0.1) is 11.8 Å². The van der Waals surface area contributed by atoms with Crippen molar-refractivity contribution in [1.82, 2.24) is 0 Å². The Hall–Kier alpha value is -0.540. The lowest BCUT2D eigenvalue weighted by Gasteiger charge is -2.06. The van der Waals surface area contributed by atoms with Crippen LogP contribution in [-0.4, -0.2) is 5.75 Å². The summed E-state index contributed by atoms with van der Waals surface area (Å²) >= 11 is 7.51. The predicted molar refractivity (Wildman–Crippen MR) is 61.3 cm³/mol. The fourth-order valence-corrected chi connectivity index (χ4v) is 1.95. The van der Waals surface area contributed by atoms with Crippen molar-refractivity contribution in [2.24, 2.45) is 0 Å². The zero-order chi connectivity index (χ0) is 9.84. The van der Waals surface area contributed by atoms with Crippen LogP contribution in [0.2, 0.25) is 5.02 Å². The number of halogens is 1. The summed E-state index contributed by atoms with van der Waals surface area (Å²) in [6, 6.07) is 3.53. The Kier molecular flexibility index (Phi) is 3.75. The summed E-state index contributed by atoms with van der Waals surface area (Å²) in [7, 11) is 0. The van der Waals surface area contributed by atoms with Gasteiger partial charge in [0.2, 0.25) is 0 Å². The van der Waals surface area contributed by atoms with E-state index in [0.29, 0.717) is 16.4 Å². The molecule has 0 aliphatic carbocycles. The fraction of sp³-hybridized carbons (Fsp3) is 0.333. The molecule has 4 N–H and O–H groups in total. The van der Waals surface area contributed by atoms with E-state index < -0.39 is 0 Å². The van der Waals surface area contributed by atoms with Gasteiger partial charge in [-0.3, -0.25) is 0 Å². The van der Waals surface area contributed by atoms with Crippen molar-refractivity contribution >= 4 is 34.7 Å². The monoisotopic (exact) mass is 216 g/mol. The van der Waals surface area contributed by atoms with Crippen molar-refractivity contribution in [3.63, 3.8) is 0 Å². The van der Waals surface area contributed by atoms with Crippen molar-refractivity contribution in [2.75, 3.05) is 17.2 Å². The topological polar surface area (TPSA) is 52.0 Å². The molecule has 72 valence electrons. The van der Waals surface area contributed by atoms with Gasteiger partial charge in [0, 0.05) is 10.6 Å². The molecule has 0 fully saturated rings. The molecule has 0 radical (unpaired) electrons. The molecule has 0 aliphatic rings. The molecular weight excluding hydrogens is 204 g/mol. The lowest BCUT2D eigenvalue weighted by molar-refractivity contribution is 1.10. The van der Waals surface area contributed by atoms with Crippen LogP contribution in [0.5, 0.6) is 0 Å². The van der Waals surface area contributed by atoms with E-state index in [4.69, 9.17) is 23.1 Å². The molecule has 0 aromatic heterocycles. The molecule has 2 nitrogen and oxygen atoms in total. The first-order chi connectivity index (χ1) is 6.15. The van der Waals surface area contributed by atoms with Crippen molar-refractivity contribution in [2.45, 2.75) is 18.2 Å². The van der Waals surface area contributed by atoms with Crippen LogP contribution in [0.15, 0.2) is 17.0 Å². The van der Waals surface area contributed by atoms with Gasteiger partial charge in [0.05, 0.1) is 10.7 Å². The Morgan fingerprint density at radius 3 is 2.62 bits per heavy atom. The second-order valence-corrected chi connectivity index (χ2v) is 4.30. The maximum atomic E-state index is 5.81. The number of rotatable bonds is 3. The number of nitrogens with two attached hydrogens (primary N) is 2. The summed E-state index contributed by atoms with van der Waals surface area (Å²) in [5.74, 6) is 1.05. The molecule has 0 amide bonds. The second-order valence-electron chi connectivity index (χ2n) is 2.76. The van der Waals surface area contributed by atoms with Crippen LogP contribution in [0.4, 0.5) is 11.4 Å². The molecule has 1 aromatic carbocycles. The quantitative estimate of drug-likeness (QED) is 0.603. The van der Waals surface area contributed by atoms with Gasteiger partial charge < -0.3 is 11.5 Å². The highest BCUT2D eigenvalue weighted by Gasteiger charge is 2.03. The third-order valence-corrected chi connectivity index (χ3v) is 3.20. The number of hydrogen-bond donors (Lipinski definition) is 2. The van der Waals surface area contributed by atoms with E-state index in [1.807, 2.05) is 6.07 Å². The van der Waals surface area contributed by atoms with Crippen LogP contribution in [0, 0.1) is 0 Å². The van der Waals surface area contributed by atoms with Gasteiger partial charge in [-0.25, -0.2) is 0 Å². The Morgan fingerprint density at radius 2 is 2.00 bits per heavy atom. The third-order valence-electron chi connectivity index (χ3n) is 1.59. The van der Waals surface area contributed by atoms with E-state index in [0.717, 1.165) is 17.1 Å². The number of hydrogen-bond acceptors (Lipinski definition) is 3. The third kappa shape index (κ3) is 2.71. The molecule has 0 spiro atoms. The van der Waals surface area contributed by atoms with Gasteiger partial charge in [-0.2, -0.15) is 0 Å². The van der Waals surface area contributed by atoms with Gasteiger partial charge in [0.25, 0.3) is 0 Å². The van der Waals surface area contributed by atoms with Crippen LogP contribution >= 0.6 is 23.4 Å². The van der Waals surface area contributed by atoms with Gasteiger partial charge in [0.15, 0.2) is 0 Å². The van der Waals surface area contributed by atoms with E-state index in [9.17, 15) is 0 Å². The van der Waals surface area contributed by atoms with Gasteiger partial charge in [-0.1, -0.05) is 18.5 Å². The average molecular weight is 217 g/mol. The summed E-state index contributed by atoms with van der Waals surface area (Å²) in [6.45, 7) is 2.13. The maximum Gasteiger partial charge on any atom is 0.0656 e. The molecule has 4 heteroatoms. The molecular formula is C9H13ClN2S. The van der Waals surface area contributed by atoms with E-state index >= 15 is 0 Å². The van der Waals surface area contributed by atoms with Gasteiger partial charge >= 0.3 is 0 Å². The van der Waals surface area contributed by atoms with Crippen LogP contribution in [0.1, 0.15) is 13.3 Å². The standard InChI is InChI=1S/C9H13ClN2S/c1-2-3-13-9-5-7(11)6(10)4-8(9)12/h4-5H,2-3,11-12H2,1H3. The molecule has 0 bridgehead atoms. The Morgan fingerprint density at radius 1 is 1.31 bits per heavy atom. The minimum atomic E-state index is 0.526. The van der Waals surface area contributed by atoms with Crippen LogP contribution < -0.4 is 11.5 Å². The average Bonchev–Trinajstić information content (AvgIpc) is 2.09. The number of benzene rings is 1. The second kappa shape index (κ2) is 4.63. The van der Waals surface area contributed by atoms with Crippen molar-refractivity contribution in [3.05, 3.63) is 17.2 Å². The summed E-state index contributed by atoms with van der Waals surface area (Å²) in [5, 5.41) is 0.526. The van der Waals surface area contributed by atoms with Crippen molar-refractivity contribution in [3.8, 4) is 0 Å². The zero-order valence-corrected chi connectivity index (χ0v) is 9.08.